The molecular weight excluding hydrogens is 592 g/mol. The zero-order valence-corrected chi connectivity index (χ0v) is 18.7. The molecule has 0 aliphatic heterocycles. The van der Waals surface area contributed by atoms with Crippen LogP contribution in [0, 0.1) is 39.7 Å². The Balaban J connectivity index is 2.11. The van der Waals surface area contributed by atoms with Crippen molar-refractivity contribution >= 4 is 5.97 Å². The Hall–Kier alpha value is -3.78. The highest BCUT2D eigenvalue weighted by Crippen LogP contribution is 2.88. The minimum absolute atomic E-state index is 0.287. The Morgan fingerprint density at radius 3 is 1.75 bits per heavy atom. The number of carbonyl (C=O) groups is 1. The molecule has 1 aliphatic rings. The van der Waals surface area contributed by atoms with Crippen molar-refractivity contribution in [2.24, 2.45) is 16.7 Å². The second-order valence-electron chi connectivity index (χ2n) is 8.24. The summed E-state index contributed by atoms with van der Waals surface area (Å²) in [5, 5.41) is 9.22. The number of nitrogens with zero attached hydrogens (tertiary/aromatic N) is 1. The summed E-state index contributed by atoms with van der Waals surface area (Å²) in [6.07, 6.45) is -31.6. The van der Waals surface area contributed by atoms with Gasteiger partial charge in [0.25, 0.3) is 0 Å². The first-order chi connectivity index (χ1) is 18.1. The predicted molar refractivity (Wildman–Crippen MR) is 99.9 cm³/mol. The molecular formula is C22H9F14NO3. The van der Waals surface area contributed by atoms with E-state index in [2.05, 4.69) is 4.74 Å². The highest BCUT2D eigenvalue weighted by molar-refractivity contribution is 5.86. The van der Waals surface area contributed by atoms with E-state index >= 15 is 0 Å². The van der Waals surface area contributed by atoms with Crippen molar-refractivity contribution < 1.29 is 75.7 Å². The van der Waals surface area contributed by atoms with Crippen LogP contribution in [0.3, 0.4) is 0 Å². The van der Waals surface area contributed by atoms with Crippen LogP contribution in [0.1, 0.15) is 11.7 Å². The second-order valence-corrected chi connectivity index (χ2v) is 8.24. The number of alkyl halides is 12. The quantitative estimate of drug-likeness (QED) is 0.260. The first kappa shape index (κ1) is 30.8. The lowest BCUT2D eigenvalue weighted by atomic mass is 9.90. The maximum absolute atomic E-state index is 14.2. The summed E-state index contributed by atoms with van der Waals surface area (Å²) in [6.45, 7) is 0. The van der Waals surface area contributed by atoms with Crippen LogP contribution in [0.4, 0.5) is 61.5 Å². The number of ether oxygens (including phenoxy) is 2. The van der Waals surface area contributed by atoms with Gasteiger partial charge in [0.1, 0.15) is 23.6 Å². The molecule has 0 N–H and O–H groups in total. The van der Waals surface area contributed by atoms with Gasteiger partial charge in [-0.2, -0.15) is 57.9 Å². The van der Waals surface area contributed by atoms with E-state index in [0.717, 1.165) is 30.3 Å². The van der Waals surface area contributed by atoms with Crippen LogP contribution in [0.5, 0.6) is 11.5 Å². The van der Waals surface area contributed by atoms with E-state index in [1.807, 2.05) is 0 Å². The number of halogens is 14. The largest absolute Gasteiger partial charge is 0.454 e. The van der Waals surface area contributed by atoms with Crippen LogP contribution in [0.2, 0.25) is 0 Å². The molecule has 3 rings (SSSR count). The Morgan fingerprint density at radius 1 is 0.825 bits per heavy atom. The summed E-state index contributed by atoms with van der Waals surface area (Å²) >= 11 is 0. The van der Waals surface area contributed by atoms with Crippen LogP contribution in [-0.2, 0) is 9.53 Å². The molecule has 1 fully saturated rings. The normalized spacial score (nSPS) is 21.8. The summed E-state index contributed by atoms with van der Waals surface area (Å²) < 4.78 is 199. The molecule has 0 saturated heterocycles. The molecule has 0 bridgehead atoms. The van der Waals surface area contributed by atoms with Crippen molar-refractivity contribution in [1.82, 2.24) is 0 Å². The topological polar surface area (TPSA) is 59.3 Å². The summed E-state index contributed by atoms with van der Waals surface area (Å²) in [6, 6.07) is 5.73. The van der Waals surface area contributed by atoms with Crippen LogP contribution in [0.15, 0.2) is 42.5 Å². The van der Waals surface area contributed by atoms with E-state index in [0.29, 0.717) is 18.2 Å². The van der Waals surface area contributed by atoms with Gasteiger partial charge in [-0.15, -0.1) is 0 Å². The molecule has 4 nitrogen and oxygen atoms in total. The monoisotopic (exact) mass is 601 g/mol. The third-order valence-electron chi connectivity index (χ3n) is 6.04. The third-order valence-corrected chi connectivity index (χ3v) is 6.04. The van der Waals surface area contributed by atoms with Gasteiger partial charge in [-0.1, -0.05) is 6.07 Å². The van der Waals surface area contributed by atoms with Crippen LogP contribution >= 0.6 is 0 Å². The fourth-order valence-electron chi connectivity index (χ4n) is 4.44. The Labute approximate surface area is 212 Å². The lowest BCUT2D eigenvalue weighted by Crippen LogP contribution is -2.51. The number of hydrogen-bond acceptors (Lipinski definition) is 4. The van der Waals surface area contributed by atoms with Gasteiger partial charge in [0, 0.05) is 5.56 Å². The Bertz CT molecular complexity index is 1310. The third kappa shape index (κ3) is 4.54. The van der Waals surface area contributed by atoms with Crippen molar-refractivity contribution in [1.29, 1.82) is 5.26 Å². The predicted octanol–water partition coefficient (Wildman–Crippen LogP) is 7.72. The van der Waals surface area contributed by atoms with Crippen LogP contribution in [-0.4, -0.2) is 30.7 Å². The molecule has 18 heteroatoms. The van der Waals surface area contributed by atoms with Crippen LogP contribution < -0.4 is 4.74 Å². The minimum Gasteiger partial charge on any atom is -0.454 e. The summed E-state index contributed by atoms with van der Waals surface area (Å²) in [7, 11) is 0. The molecule has 3 unspecified atom stereocenters. The van der Waals surface area contributed by atoms with Gasteiger partial charge in [0.05, 0.1) is 0 Å². The molecule has 218 valence electrons. The van der Waals surface area contributed by atoms with Crippen molar-refractivity contribution in [3.8, 4) is 17.6 Å². The molecule has 2 aromatic carbocycles. The fourth-order valence-corrected chi connectivity index (χ4v) is 4.44. The molecule has 40 heavy (non-hydrogen) atoms. The highest BCUT2D eigenvalue weighted by atomic mass is 19.4. The Kier molecular flexibility index (Phi) is 7.23. The van der Waals surface area contributed by atoms with Crippen molar-refractivity contribution in [2.45, 2.75) is 30.8 Å². The van der Waals surface area contributed by atoms with E-state index in [9.17, 15) is 71.5 Å². The van der Waals surface area contributed by atoms with Gasteiger partial charge in [-0.05, 0) is 36.4 Å². The minimum atomic E-state index is -7.34. The Morgan fingerprint density at radius 2 is 1.35 bits per heavy atom. The standard InChI is InChI=1S/C22H9F14NO3/c23-10-2-4-11(5-3-10)39-13-7-9(1-6-12(13)24)14(8-37)40-16(38)17(20(28,29)30)15(19(25,26)27)18(17,21(31,32)33)22(34,35)36/h1-7,14-15H. The molecule has 3 atom stereocenters. The lowest BCUT2D eigenvalue weighted by Gasteiger charge is -2.30. The van der Waals surface area contributed by atoms with E-state index in [-0.39, 0.29) is 5.75 Å². The molecule has 2 aromatic rings. The molecule has 0 amide bonds. The van der Waals surface area contributed by atoms with E-state index in [1.54, 1.807) is 0 Å². The van der Waals surface area contributed by atoms with E-state index in [4.69, 9.17) is 4.74 Å². The lowest BCUT2D eigenvalue weighted by molar-refractivity contribution is -0.340. The molecule has 0 radical (unpaired) electrons. The number of nitriles is 1. The van der Waals surface area contributed by atoms with E-state index < -0.39 is 76.5 Å². The first-order valence-electron chi connectivity index (χ1n) is 10.2. The maximum Gasteiger partial charge on any atom is 0.406 e. The number of hydrogen-bond donors (Lipinski definition) is 0. The average Bonchev–Trinajstić information content (AvgIpc) is 3.50. The zero-order chi connectivity index (χ0) is 30.7. The van der Waals surface area contributed by atoms with Crippen molar-refractivity contribution in [2.75, 3.05) is 0 Å². The average molecular weight is 601 g/mol. The van der Waals surface area contributed by atoms with Gasteiger partial charge in [0.15, 0.2) is 22.4 Å². The smallest absolute Gasteiger partial charge is 0.406 e. The van der Waals surface area contributed by atoms with Gasteiger partial charge < -0.3 is 9.47 Å². The summed E-state index contributed by atoms with van der Waals surface area (Å²) in [5.74, 6) is -12.4. The number of rotatable bonds is 5. The summed E-state index contributed by atoms with van der Waals surface area (Å²) in [5.41, 5.74) is -13.9. The first-order valence-corrected chi connectivity index (χ1v) is 10.2. The molecule has 1 saturated carbocycles. The number of carbonyl (C=O) groups excluding carboxylic acids is 1. The number of benzene rings is 2. The molecule has 0 heterocycles. The summed E-state index contributed by atoms with van der Waals surface area (Å²) in [4.78, 5) is 12.4. The van der Waals surface area contributed by atoms with E-state index in [1.165, 1.54) is 0 Å². The zero-order valence-electron chi connectivity index (χ0n) is 18.7. The second kappa shape index (κ2) is 9.41. The van der Waals surface area contributed by atoms with Gasteiger partial charge in [-0.25, -0.2) is 8.78 Å². The van der Waals surface area contributed by atoms with Gasteiger partial charge >= 0.3 is 30.7 Å². The highest BCUT2D eigenvalue weighted by Gasteiger charge is 3.10. The molecule has 1 aliphatic carbocycles. The van der Waals surface area contributed by atoms with Gasteiger partial charge in [0.2, 0.25) is 6.10 Å². The SMILES string of the molecule is N#CC(OC(=O)C1(C(F)(F)F)C(C(F)(F)F)C1(C(F)(F)F)C(F)(F)F)c1ccc(F)c(Oc2ccc(F)cc2)c1. The maximum atomic E-state index is 14.2. The fraction of sp³-hybridized carbons (Fsp3) is 0.364. The molecule has 0 aromatic heterocycles. The van der Waals surface area contributed by atoms with Crippen molar-refractivity contribution in [3.63, 3.8) is 0 Å². The van der Waals surface area contributed by atoms with Crippen molar-refractivity contribution in [3.05, 3.63) is 59.7 Å². The van der Waals surface area contributed by atoms with Gasteiger partial charge in [-0.3, -0.25) is 4.79 Å². The van der Waals surface area contributed by atoms with Crippen LogP contribution in [0.25, 0.3) is 0 Å². The molecule has 0 spiro atoms. The number of esters is 1.